The molecule has 1 unspecified atom stereocenters. The summed E-state index contributed by atoms with van der Waals surface area (Å²) in [7, 11) is 1.50. The Balaban J connectivity index is 1.73. The number of thiazole rings is 1. The zero-order chi connectivity index (χ0) is 22.5. The summed E-state index contributed by atoms with van der Waals surface area (Å²) < 4.78 is 4.86. The zero-order valence-electron chi connectivity index (χ0n) is 17.1. The maximum absolute atomic E-state index is 12.9. The van der Waals surface area contributed by atoms with E-state index in [2.05, 4.69) is 15.3 Å². The van der Waals surface area contributed by atoms with Gasteiger partial charge in [0.15, 0.2) is 16.7 Å². The number of aryl methyl sites for hydroxylation is 1. The Morgan fingerprint density at radius 1 is 1.35 bits per heavy atom. The second-order valence-corrected chi connectivity index (χ2v) is 7.84. The predicted molar refractivity (Wildman–Crippen MR) is 113 cm³/mol. The molecule has 0 spiro atoms. The lowest BCUT2D eigenvalue weighted by Crippen LogP contribution is -2.30. The number of ketones is 2. The van der Waals surface area contributed by atoms with E-state index < -0.39 is 12.0 Å². The summed E-state index contributed by atoms with van der Waals surface area (Å²) >= 11 is 1.06. The summed E-state index contributed by atoms with van der Waals surface area (Å²) in [4.78, 5) is 58.7. The number of rotatable bonds is 8. The minimum atomic E-state index is -1.14. The number of amides is 2. The Morgan fingerprint density at radius 3 is 2.74 bits per heavy atom. The first kappa shape index (κ1) is 22.5. The van der Waals surface area contributed by atoms with Crippen LogP contribution in [0.3, 0.4) is 0 Å². The minimum absolute atomic E-state index is 0.177. The molecule has 2 heterocycles. The fraction of sp³-hybridized carbons (Fsp3) is 0.400. The van der Waals surface area contributed by atoms with E-state index >= 15 is 0 Å². The van der Waals surface area contributed by atoms with Crippen molar-refractivity contribution in [3.63, 3.8) is 0 Å². The highest BCUT2D eigenvalue weighted by molar-refractivity contribution is 7.17. The molecule has 0 aromatic carbocycles. The van der Waals surface area contributed by atoms with Gasteiger partial charge in [-0.15, -0.1) is 0 Å². The number of carbonyl (C=O) groups excluding carboxylic acids is 3. The molecular weight excluding hydrogens is 424 g/mol. The number of methoxy groups -OCH3 is 1. The van der Waals surface area contributed by atoms with E-state index in [-0.39, 0.29) is 48.4 Å². The molecule has 0 aliphatic heterocycles. The van der Waals surface area contributed by atoms with Crippen LogP contribution in [0, 0.1) is 5.92 Å². The normalized spacial score (nSPS) is 15.3. The molecule has 2 aromatic rings. The van der Waals surface area contributed by atoms with Crippen LogP contribution < -0.4 is 10.2 Å². The maximum atomic E-state index is 12.9. The Bertz CT molecular complexity index is 1000. The number of nitrogens with one attached hydrogen (secondary N) is 1. The van der Waals surface area contributed by atoms with Gasteiger partial charge in [0.05, 0.1) is 29.5 Å². The van der Waals surface area contributed by atoms with E-state index in [0.717, 1.165) is 16.2 Å². The van der Waals surface area contributed by atoms with Crippen molar-refractivity contribution in [3.05, 3.63) is 34.5 Å². The number of hydrogen-bond donors (Lipinski definition) is 2. The van der Waals surface area contributed by atoms with Crippen molar-refractivity contribution in [1.29, 1.82) is 0 Å². The van der Waals surface area contributed by atoms with Crippen molar-refractivity contribution in [2.75, 3.05) is 30.5 Å². The molecule has 3 rings (SSSR count). The Morgan fingerprint density at radius 2 is 2.13 bits per heavy atom. The number of carboxylic acid groups (broad SMARTS) is 1. The average Bonchev–Trinajstić information content (AvgIpc) is 3.16. The van der Waals surface area contributed by atoms with E-state index in [1.54, 1.807) is 6.92 Å². The maximum Gasteiger partial charge on any atom is 0.412 e. The molecule has 2 aromatic heterocycles. The van der Waals surface area contributed by atoms with E-state index in [9.17, 15) is 24.3 Å². The predicted octanol–water partition coefficient (Wildman–Crippen LogP) is 2.65. The number of carbonyl (C=O) groups is 4. The highest BCUT2D eigenvalue weighted by atomic mass is 32.1. The third kappa shape index (κ3) is 4.94. The first-order chi connectivity index (χ1) is 14.8. The number of nitrogens with zero attached hydrogens (tertiary/aromatic N) is 3. The summed E-state index contributed by atoms with van der Waals surface area (Å²) in [5.74, 6) is -1.61. The van der Waals surface area contributed by atoms with E-state index in [0.29, 0.717) is 28.5 Å². The van der Waals surface area contributed by atoms with Gasteiger partial charge in [-0.3, -0.25) is 19.3 Å². The monoisotopic (exact) mass is 446 g/mol. The van der Waals surface area contributed by atoms with Gasteiger partial charge in [0, 0.05) is 25.4 Å². The van der Waals surface area contributed by atoms with Gasteiger partial charge in [-0.2, -0.15) is 0 Å². The van der Waals surface area contributed by atoms with Gasteiger partial charge >= 0.3 is 6.09 Å². The Hall–Kier alpha value is -3.18. The molecule has 0 saturated heterocycles. The third-order valence-corrected chi connectivity index (χ3v) is 5.89. The topological polar surface area (TPSA) is 139 Å². The van der Waals surface area contributed by atoms with Gasteiger partial charge in [-0.1, -0.05) is 11.3 Å². The summed E-state index contributed by atoms with van der Waals surface area (Å²) in [5, 5.41) is 12.1. The SMILES string of the molecule is CCN(C(=O)O)c1ccc(C(=O)C2CCc3nc(NC(=O)CCOC)sc3C2=O)cn1. The van der Waals surface area contributed by atoms with Gasteiger partial charge in [-0.05, 0) is 31.9 Å². The molecule has 0 saturated carbocycles. The van der Waals surface area contributed by atoms with Crippen molar-refractivity contribution in [2.45, 2.75) is 26.2 Å². The van der Waals surface area contributed by atoms with Crippen LogP contribution in [-0.2, 0) is 16.0 Å². The summed E-state index contributed by atoms with van der Waals surface area (Å²) in [6.07, 6.45) is 1.08. The number of Topliss-reactive ketones (excluding diaryl/α,β-unsaturated/α-hetero) is 2. The standard InChI is InChI=1S/C20H22N4O6S/c1-3-24(20(28)29)14-7-4-11(10-21-14)16(26)12-5-6-13-18(17(12)27)31-19(22-13)23-15(25)8-9-30-2/h4,7,10,12H,3,5-6,8-9H2,1-2H3,(H,28,29)(H,22,23,25). The summed E-state index contributed by atoms with van der Waals surface area (Å²) in [6.45, 7) is 2.17. The number of anilines is 2. The van der Waals surface area contributed by atoms with Crippen LogP contribution in [0.15, 0.2) is 18.3 Å². The molecule has 0 bridgehead atoms. The van der Waals surface area contributed by atoms with Crippen LogP contribution in [0.1, 0.15) is 45.5 Å². The second-order valence-electron chi connectivity index (χ2n) is 6.84. The van der Waals surface area contributed by atoms with Crippen molar-refractivity contribution < 1.29 is 29.0 Å². The highest BCUT2D eigenvalue weighted by Crippen LogP contribution is 2.34. The lowest BCUT2D eigenvalue weighted by atomic mass is 9.84. The molecule has 164 valence electrons. The fourth-order valence-corrected chi connectivity index (χ4v) is 4.27. The molecule has 1 aliphatic rings. The molecule has 31 heavy (non-hydrogen) atoms. The number of ether oxygens (including phenoxy) is 1. The second kappa shape index (κ2) is 9.75. The Kier molecular flexibility index (Phi) is 7.08. The van der Waals surface area contributed by atoms with Crippen molar-refractivity contribution in [2.24, 2.45) is 5.92 Å². The zero-order valence-corrected chi connectivity index (χ0v) is 17.9. The molecule has 10 nitrogen and oxygen atoms in total. The van der Waals surface area contributed by atoms with Gasteiger partial charge in [0.1, 0.15) is 5.82 Å². The first-order valence-electron chi connectivity index (χ1n) is 9.69. The lowest BCUT2D eigenvalue weighted by molar-refractivity contribution is -0.117. The van der Waals surface area contributed by atoms with Crippen LogP contribution in [0.5, 0.6) is 0 Å². The molecule has 0 radical (unpaired) electrons. The van der Waals surface area contributed by atoms with Crippen molar-refractivity contribution in [1.82, 2.24) is 9.97 Å². The highest BCUT2D eigenvalue weighted by Gasteiger charge is 2.36. The molecule has 2 N–H and O–H groups in total. The van der Waals surface area contributed by atoms with Gasteiger partial charge in [-0.25, -0.2) is 14.8 Å². The van der Waals surface area contributed by atoms with Crippen LogP contribution in [0.25, 0.3) is 0 Å². The first-order valence-corrected chi connectivity index (χ1v) is 10.5. The van der Waals surface area contributed by atoms with Crippen LogP contribution in [0.2, 0.25) is 0 Å². The van der Waals surface area contributed by atoms with Gasteiger partial charge in [0.25, 0.3) is 0 Å². The van der Waals surface area contributed by atoms with Gasteiger partial charge in [0.2, 0.25) is 5.91 Å². The van der Waals surface area contributed by atoms with Crippen LogP contribution in [0.4, 0.5) is 15.7 Å². The number of pyridine rings is 1. The minimum Gasteiger partial charge on any atom is -0.465 e. The van der Waals surface area contributed by atoms with E-state index in [1.165, 1.54) is 25.4 Å². The average molecular weight is 446 g/mol. The molecule has 1 atom stereocenters. The lowest BCUT2D eigenvalue weighted by Gasteiger charge is -2.19. The summed E-state index contributed by atoms with van der Waals surface area (Å²) in [6, 6.07) is 2.93. The number of hydrogen-bond acceptors (Lipinski definition) is 8. The van der Waals surface area contributed by atoms with Crippen molar-refractivity contribution in [3.8, 4) is 0 Å². The number of aromatic nitrogens is 2. The Labute approximate surface area is 182 Å². The van der Waals surface area contributed by atoms with Crippen LogP contribution >= 0.6 is 11.3 Å². The number of fused-ring (bicyclic) bond motifs is 1. The molecular formula is C20H22N4O6S. The molecule has 0 fully saturated rings. The van der Waals surface area contributed by atoms with E-state index in [1.807, 2.05) is 0 Å². The summed E-state index contributed by atoms with van der Waals surface area (Å²) in [5.41, 5.74) is 0.819. The molecule has 11 heteroatoms. The third-order valence-electron chi connectivity index (χ3n) is 4.86. The fourth-order valence-electron chi connectivity index (χ4n) is 3.25. The smallest absolute Gasteiger partial charge is 0.412 e. The van der Waals surface area contributed by atoms with Crippen molar-refractivity contribution >= 4 is 45.9 Å². The van der Waals surface area contributed by atoms with E-state index in [4.69, 9.17) is 4.74 Å². The molecule has 2 amide bonds. The molecule has 1 aliphatic carbocycles. The largest absolute Gasteiger partial charge is 0.465 e. The van der Waals surface area contributed by atoms with Gasteiger partial charge < -0.3 is 15.2 Å². The van der Waals surface area contributed by atoms with Crippen LogP contribution in [-0.4, -0.2) is 58.9 Å². The quantitative estimate of drug-likeness (QED) is 0.466.